The van der Waals surface area contributed by atoms with Gasteiger partial charge in [0.25, 0.3) is 0 Å². The molecule has 0 saturated heterocycles. The molecule has 0 aliphatic heterocycles. The fourth-order valence-corrected chi connectivity index (χ4v) is 11.7. The van der Waals surface area contributed by atoms with Gasteiger partial charge in [0.15, 0.2) is 0 Å². The molecule has 0 fully saturated rings. The molecule has 2 aliphatic rings. The third-order valence-electron chi connectivity index (χ3n) is 15.2. The summed E-state index contributed by atoms with van der Waals surface area (Å²) in [5.74, 6) is 13.5. The molecule has 2 heterocycles. The van der Waals surface area contributed by atoms with Gasteiger partial charge in [0.2, 0.25) is 0 Å². The zero-order valence-corrected chi connectivity index (χ0v) is 40.3. The van der Waals surface area contributed by atoms with Crippen molar-refractivity contribution in [1.82, 2.24) is 9.97 Å². The van der Waals surface area contributed by atoms with Crippen molar-refractivity contribution in [3.63, 3.8) is 0 Å². The average Bonchev–Trinajstić information content (AvgIpc) is 3.90. The van der Waals surface area contributed by atoms with Crippen LogP contribution in [-0.2, 0) is 16.2 Å². The molecule has 0 bridgehead atoms. The van der Waals surface area contributed by atoms with Crippen LogP contribution < -0.4 is 9.47 Å². The molecule has 2 unspecified atom stereocenters. The molecule has 71 heavy (non-hydrogen) atoms. The van der Waals surface area contributed by atoms with Crippen LogP contribution in [-0.4, -0.2) is 23.2 Å². The maximum Gasteiger partial charge on any atom is 0.149 e. The summed E-state index contributed by atoms with van der Waals surface area (Å²) in [7, 11) is 0. The quantitative estimate of drug-likeness (QED) is 0.128. The SMILES string of the molecule is CC#CCOc1ccc2cc(C3(c4ccc(C(C)(C)c5ccc(C6(c7ccc8cc(OCC#CC)ccc8c7)c7ccccc7-c7cnccc76)cc5)cc4)c4ccccc4-c4cnccc43)ccc2c1. The van der Waals surface area contributed by atoms with Crippen LogP contribution in [0.2, 0.25) is 0 Å². The Morgan fingerprint density at radius 2 is 0.789 bits per heavy atom. The second kappa shape index (κ2) is 17.4. The molecule has 8 aromatic carbocycles. The molecule has 2 aromatic heterocycles. The van der Waals surface area contributed by atoms with Gasteiger partial charge in [-0.15, -0.1) is 11.8 Å². The first-order valence-electron chi connectivity index (χ1n) is 24.3. The van der Waals surface area contributed by atoms with Crippen molar-refractivity contribution in [1.29, 1.82) is 0 Å². The molecule has 4 nitrogen and oxygen atoms in total. The number of fused-ring (bicyclic) bond motifs is 8. The van der Waals surface area contributed by atoms with Gasteiger partial charge in [-0.2, -0.15) is 0 Å². The normalized spacial score (nSPS) is 16.2. The van der Waals surface area contributed by atoms with E-state index < -0.39 is 10.8 Å². The second-order valence-electron chi connectivity index (χ2n) is 19.1. The van der Waals surface area contributed by atoms with Gasteiger partial charge in [-0.05, 0) is 151 Å². The summed E-state index contributed by atoms with van der Waals surface area (Å²) in [6.07, 6.45) is 7.93. The van der Waals surface area contributed by atoms with Crippen LogP contribution in [0.15, 0.2) is 207 Å². The van der Waals surface area contributed by atoms with E-state index in [1.807, 2.05) is 50.8 Å². The summed E-state index contributed by atoms with van der Waals surface area (Å²) in [6.45, 7) is 9.08. The Bertz CT molecular complexity index is 3500. The summed E-state index contributed by atoms with van der Waals surface area (Å²) in [4.78, 5) is 9.29. The van der Waals surface area contributed by atoms with Crippen molar-refractivity contribution in [2.75, 3.05) is 13.2 Å². The standard InChI is InChI=1S/C67H50N2O2/c1-5-7-37-70-55-31-19-45-39-53(21-17-47(45)41-55)66(61-15-11-9-13-57(61)59-43-68-35-33-63(59)66)51-27-23-49(24-28-51)65(3,4)50-25-29-52(30-26-50)67(62-16-12-10-14-58(62)60-44-69-36-34-64(60)67)54-22-18-48-42-56(71-38-8-6-2)32-20-46(48)40-54/h9-36,39-44H,37-38H2,1-4H3. The summed E-state index contributed by atoms with van der Waals surface area (Å²) >= 11 is 0. The average molecular weight is 915 g/mol. The lowest BCUT2D eigenvalue weighted by Gasteiger charge is -2.35. The Labute approximate surface area is 416 Å². The second-order valence-corrected chi connectivity index (χ2v) is 19.1. The fourth-order valence-electron chi connectivity index (χ4n) is 11.7. The van der Waals surface area contributed by atoms with E-state index in [4.69, 9.17) is 9.47 Å². The molecular weight excluding hydrogens is 865 g/mol. The third kappa shape index (κ3) is 6.86. The highest BCUT2D eigenvalue weighted by atomic mass is 16.5. The zero-order chi connectivity index (χ0) is 48.2. The zero-order valence-electron chi connectivity index (χ0n) is 40.3. The van der Waals surface area contributed by atoms with Gasteiger partial charge in [0.05, 0.1) is 10.8 Å². The number of ether oxygens (including phenoxy) is 2. The molecule has 0 saturated carbocycles. The summed E-state index contributed by atoms with van der Waals surface area (Å²) in [6, 6.07) is 67.3. The minimum atomic E-state index is -0.570. The largest absolute Gasteiger partial charge is 0.481 e. The summed E-state index contributed by atoms with van der Waals surface area (Å²) in [5.41, 5.74) is 15.6. The Morgan fingerprint density at radius 3 is 1.23 bits per heavy atom. The van der Waals surface area contributed by atoms with Gasteiger partial charge in [0, 0.05) is 41.3 Å². The predicted molar refractivity (Wildman–Crippen MR) is 288 cm³/mol. The molecule has 0 spiro atoms. The summed E-state index contributed by atoms with van der Waals surface area (Å²) < 4.78 is 11.9. The van der Waals surface area contributed by atoms with E-state index in [2.05, 4.69) is 217 Å². The number of nitrogens with zero attached hydrogens (tertiary/aromatic N) is 2. The minimum Gasteiger partial charge on any atom is -0.481 e. The number of benzene rings is 8. The van der Waals surface area contributed by atoms with Crippen LogP contribution in [0.1, 0.15) is 83.3 Å². The molecule has 0 radical (unpaired) electrons. The maximum atomic E-state index is 5.95. The van der Waals surface area contributed by atoms with Crippen LogP contribution in [0.3, 0.4) is 0 Å². The van der Waals surface area contributed by atoms with Crippen LogP contribution >= 0.6 is 0 Å². The van der Waals surface area contributed by atoms with Crippen molar-refractivity contribution >= 4 is 21.5 Å². The number of rotatable bonds is 10. The van der Waals surface area contributed by atoms with E-state index in [1.54, 1.807) is 0 Å². The van der Waals surface area contributed by atoms with Gasteiger partial charge in [0.1, 0.15) is 24.7 Å². The summed E-state index contributed by atoms with van der Waals surface area (Å²) in [5, 5.41) is 4.54. The minimum absolute atomic E-state index is 0.320. The Morgan fingerprint density at radius 1 is 0.408 bits per heavy atom. The first kappa shape index (κ1) is 43.6. The molecule has 340 valence electrons. The lowest BCUT2D eigenvalue weighted by Crippen LogP contribution is -2.29. The van der Waals surface area contributed by atoms with E-state index in [9.17, 15) is 0 Å². The molecule has 0 amide bonds. The molecule has 0 N–H and O–H groups in total. The monoisotopic (exact) mass is 914 g/mol. The third-order valence-corrected chi connectivity index (χ3v) is 15.2. The Balaban J connectivity index is 0.944. The van der Waals surface area contributed by atoms with Crippen LogP contribution in [0.4, 0.5) is 0 Å². The van der Waals surface area contributed by atoms with Crippen molar-refractivity contribution < 1.29 is 9.47 Å². The van der Waals surface area contributed by atoms with Gasteiger partial charge in [-0.1, -0.05) is 159 Å². The van der Waals surface area contributed by atoms with Crippen LogP contribution in [0.5, 0.6) is 11.5 Å². The van der Waals surface area contributed by atoms with E-state index in [1.165, 1.54) is 66.8 Å². The number of aromatic nitrogens is 2. The van der Waals surface area contributed by atoms with Gasteiger partial charge < -0.3 is 9.47 Å². The molecule has 12 rings (SSSR count). The van der Waals surface area contributed by atoms with Crippen molar-refractivity contribution in [2.45, 2.75) is 43.9 Å². The van der Waals surface area contributed by atoms with E-state index in [0.29, 0.717) is 13.2 Å². The first-order chi connectivity index (χ1) is 34.8. The lowest BCUT2D eigenvalue weighted by atomic mass is 9.66. The number of hydrogen-bond acceptors (Lipinski definition) is 4. The highest BCUT2D eigenvalue weighted by molar-refractivity contribution is 5.91. The van der Waals surface area contributed by atoms with E-state index >= 15 is 0 Å². The fraction of sp³-hybridized carbons (Fsp3) is 0.134. The van der Waals surface area contributed by atoms with Crippen molar-refractivity contribution in [3.05, 3.63) is 262 Å². The van der Waals surface area contributed by atoms with Crippen LogP contribution in [0, 0.1) is 23.7 Å². The van der Waals surface area contributed by atoms with Crippen LogP contribution in [0.25, 0.3) is 43.8 Å². The first-order valence-corrected chi connectivity index (χ1v) is 24.3. The maximum absolute atomic E-state index is 5.95. The smallest absolute Gasteiger partial charge is 0.149 e. The van der Waals surface area contributed by atoms with E-state index in [0.717, 1.165) is 44.2 Å². The molecule has 4 heteroatoms. The number of hydrogen-bond donors (Lipinski definition) is 0. The molecule has 2 atom stereocenters. The Kier molecular flexibility index (Phi) is 10.7. The predicted octanol–water partition coefficient (Wildman–Crippen LogP) is 14.6. The van der Waals surface area contributed by atoms with E-state index in [-0.39, 0.29) is 5.41 Å². The van der Waals surface area contributed by atoms with Gasteiger partial charge in [-0.25, -0.2) is 0 Å². The van der Waals surface area contributed by atoms with Crippen molar-refractivity contribution in [2.24, 2.45) is 0 Å². The van der Waals surface area contributed by atoms with Crippen molar-refractivity contribution in [3.8, 4) is 57.4 Å². The molecule has 2 aliphatic carbocycles. The van der Waals surface area contributed by atoms with Gasteiger partial charge in [-0.3, -0.25) is 9.97 Å². The highest BCUT2D eigenvalue weighted by Gasteiger charge is 2.48. The Hall–Kier alpha value is -8.70. The lowest BCUT2D eigenvalue weighted by molar-refractivity contribution is 0.370. The molecule has 10 aromatic rings. The molecular formula is C67H50N2O2. The highest BCUT2D eigenvalue weighted by Crippen LogP contribution is 2.58. The topological polar surface area (TPSA) is 44.2 Å². The number of pyridine rings is 2. The van der Waals surface area contributed by atoms with Gasteiger partial charge >= 0.3 is 0 Å².